The van der Waals surface area contributed by atoms with Crippen LogP contribution in [0.2, 0.25) is 0 Å². The minimum Gasteiger partial charge on any atom is -0.345 e. The molecule has 1 saturated heterocycles. The van der Waals surface area contributed by atoms with Crippen LogP contribution in [0.4, 0.5) is 5.69 Å². The molecular weight excluding hydrogens is 264 g/mol. The Balaban J connectivity index is 0.000000224. The van der Waals surface area contributed by atoms with Gasteiger partial charge in [-0.15, -0.1) is 0 Å². The number of para-hydroxylation sites is 1. The molecule has 0 aliphatic carbocycles. The summed E-state index contributed by atoms with van der Waals surface area (Å²) in [4.78, 5) is 24.4. The van der Waals surface area contributed by atoms with Crippen molar-refractivity contribution in [2.24, 2.45) is 4.99 Å². The topological polar surface area (TPSA) is 59.9 Å². The first-order valence-corrected chi connectivity index (χ1v) is 6.32. The van der Waals surface area contributed by atoms with Gasteiger partial charge in [0.25, 0.3) is 5.91 Å². The molecule has 0 unspecified atom stereocenters. The lowest BCUT2D eigenvalue weighted by atomic mass is 10.3. The van der Waals surface area contributed by atoms with Crippen LogP contribution in [0.5, 0.6) is 0 Å². The van der Waals surface area contributed by atoms with E-state index in [4.69, 9.17) is 0 Å². The number of aliphatic imine (C=N–C) groups is 1. The highest BCUT2D eigenvalue weighted by Crippen LogP contribution is 2.23. The first kappa shape index (κ1) is 13.4. The quantitative estimate of drug-likeness (QED) is 0.632. The Morgan fingerprint density at radius 3 is 2.58 bits per heavy atom. The van der Waals surface area contributed by atoms with Crippen LogP contribution in [0.15, 0.2) is 59.1 Å². The van der Waals surface area contributed by atoms with Crippen LogP contribution in [0.1, 0.15) is 0 Å². The first-order chi connectivity index (χ1) is 9.25. The van der Waals surface area contributed by atoms with Gasteiger partial charge in [-0.05, 0) is 30.0 Å². The van der Waals surface area contributed by atoms with E-state index in [-0.39, 0.29) is 5.91 Å². The van der Waals surface area contributed by atoms with E-state index in [0.717, 1.165) is 5.69 Å². The number of carbonyl (C=O) groups excluding carboxylic acids is 1. The molecule has 0 aromatic heterocycles. The number of nitrogens with one attached hydrogen (secondary N) is 1. The third kappa shape index (κ3) is 4.27. The average Bonchev–Trinajstić information content (AvgIpc) is 3.06. The second-order valence-corrected chi connectivity index (χ2v) is 4.57. The zero-order chi connectivity index (χ0) is 13.5. The van der Waals surface area contributed by atoms with Gasteiger partial charge in [-0.3, -0.25) is 4.79 Å². The number of carbonyl (C=O) groups is 1. The molecule has 0 atom stereocenters. The van der Waals surface area contributed by atoms with Crippen LogP contribution in [0.3, 0.4) is 0 Å². The zero-order valence-electron chi connectivity index (χ0n) is 10.0. The summed E-state index contributed by atoms with van der Waals surface area (Å²) in [6.07, 6.45) is 3.31. The van der Waals surface area contributed by atoms with Gasteiger partial charge in [-0.25, -0.2) is 4.99 Å². The van der Waals surface area contributed by atoms with E-state index in [1.54, 1.807) is 6.08 Å². The number of amides is 1. The molecule has 0 spiro atoms. The van der Waals surface area contributed by atoms with Gasteiger partial charge in [0.05, 0.1) is 10.6 Å². The highest BCUT2D eigenvalue weighted by molar-refractivity contribution is 8.18. The van der Waals surface area contributed by atoms with Crippen molar-refractivity contribution in [3.63, 3.8) is 0 Å². The highest BCUT2D eigenvalue weighted by atomic mass is 32.2. The normalized spacial score (nSPS) is 18.8. The van der Waals surface area contributed by atoms with Gasteiger partial charge in [0.15, 0.2) is 5.17 Å². The standard InChI is InChI=1S/C10H8N2OS.C3H4O2/c1-7-9(13)12-10(14-7)11-8-5-3-2-4-6-8;1-2-4-5-3-1/h2-6H,1H2,(H,11,12,13);1-2H,3H2. The van der Waals surface area contributed by atoms with Crippen LogP contribution in [-0.4, -0.2) is 17.7 Å². The minimum absolute atomic E-state index is 0.162. The molecule has 1 fully saturated rings. The molecule has 1 aromatic rings. The number of hydrogen-bond donors (Lipinski definition) is 1. The Morgan fingerprint density at radius 2 is 2.11 bits per heavy atom. The van der Waals surface area contributed by atoms with Crippen LogP contribution >= 0.6 is 11.8 Å². The van der Waals surface area contributed by atoms with Crippen molar-refractivity contribution in [3.05, 3.63) is 54.2 Å². The largest absolute Gasteiger partial charge is 0.345 e. The lowest BCUT2D eigenvalue weighted by molar-refractivity contribution is -0.221. The third-order valence-electron chi connectivity index (χ3n) is 2.06. The number of rotatable bonds is 1. The minimum atomic E-state index is -0.162. The fourth-order valence-corrected chi connectivity index (χ4v) is 1.89. The molecule has 1 aromatic carbocycles. The average molecular weight is 276 g/mol. The molecule has 5 nitrogen and oxygen atoms in total. The summed E-state index contributed by atoms with van der Waals surface area (Å²) in [5, 5.41) is 3.22. The van der Waals surface area contributed by atoms with Gasteiger partial charge in [0, 0.05) is 0 Å². The van der Waals surface area contributed by atoms with Crippen LogP contribution in [0.25, 0.3) is 0 Å². The molecule has 2 aliphatic rings. The van der Waals surface area contributed by atoms with Crippen molar-refractivity contribution in [1.82, 2.24) is 5.32 Å². The Bertz CT molecular complexity index is 502. The SMILES string of the molecule is C1=COOC1.C=C1SC(=Nc2ccccc2)NC1=O. The molecule has 0 saturated carbocycles. The van der Waals surface area contributed by atoms with Crippen molar-refractivity contribution in [2.45, 2.75) is 0 Å². The molecule has 98 valence electrons. The van der Waals surface area contributed by atoms with E-state index < -0.39 is 0 Å². The highest BCUT2D eigenvalue weighted by Gasteiger charge is 2.21. The Kier molecular flexibility index (Phi) is 4.77. The molecule has 2 heterocycles. The molecule has 3 rings (SSSR count). The van der Waals surface area contributed by atoms with Gasteiger partial charge in [-0.2, -0.15) is 4.89 Å². The molecule has 0 radical (unpaired) electrons. The third-order valence-corrected chi connectivity index (χ3v) is 2.88. The number of thioether (sulfide) groups is 1. The van der Waals surface area contributed by atoms with E-state index >= 15 is 0 Å². The second kappa shape index (κ2) is 6.77. The Morgan fingerprint density at radius 1 is 1.32 bits per heavy atom. The molecule has 2 aliphatic heterocycles. The van der Waals surface area contributed by atoms with Crippen LogP contribution in [0, 0.1) is 0 Å². The van der Waals surface area contributed by atoms with Crippen molar-refractivity contribution in [3.8, 4) is 0 Å². The summed E-state index contributed by atoms with van der Waals surface area (Å²) >= 11 is 1.26. The summed E-state index contributed by atoms with van der Waals surface area (Å²) < 4.78 is 0. The predicted octanol–water partition coefficient (Wildman–Crippen LogP) is 2.51. The van der Waals surface area contributed by atoms with E-state index in [9.17, 15) is 4.79 Å². The van der Waals surface area contributed by atoms with Gasteiger partial charge in [0.2, 0.25) is 0 Å². The number of hydrogen-bond acceptors (Lipinski definition) is 5. The van der Waals surface area contributed by atoms with Crippen LogP contribution < -0.4 is 5.32 Å². The van der Waals surface area contributed by atoms with Gasteiger partial charge < -0.3 is 10.2 Å². The molecule has 19 heavy (non-hydrogen) atoms. The maximum Gasteiger partial charge on any atom is 0.263 e. The summed E-state index contributed by atoms with van der Waals surface area (Å²) in [7, 11) is 0. The van der Waals surface area contributed by atoms with Crippen molar-refractivity contribution in [1.29, 1.82) is 0 Å². The first-order valence-electron chi connectivity index (χ1n) is 5.51. The molecule has 1 amide bonds. The van der Waals surface area contributed by atoms with Gasteiger partial charge >= 0.3 is 0 Å². The number of benzene rings is 1. The number of amidine groups is 1. The smallest absolute Gasteiger partial charge is 0.263 e. The van der Waals surface area contributed by atoms with E-state index in [0.29, 0.717) is 16.7 Å². The van der Waals surface area contributed by atoms with Gasteiger partial charge in [-0.1, -0.05) is 24.8 Å². The maximum absolute atomic E-state index is 11.1. The second-order valence-electron chi connectivity index (χ2n) is 3.48. The summed E-state index contributed by atoms with van der Waals surface area (Å²) in [6, 6.07) is 9.47. The molecular formula is C13H12N2O3S. The lowest BCUT2D eigenvalue weighted by Crippen LogP contribution is -2.19. The molecule has 6 heteroatoms. The summed E-state index contributed by atoms with van der Waals surface area (Å²) in [5.74, 6) is -0.162. The lowest BCUT2D eigenvalue weighted by Gasteiger charge is -1.94. The fourth-order valence-electron chi connectivity index (χ4n) is 1.22. The molecule has 0 bridgehead atoms. The van der Waals surface area contributed by atoms with E-state index in [2.05, 4.69) is 26.7 Å². The Labute approximate surface area is 114 Å². The van der Waals surface area contributed by atoms with Crippen molar-refractivity contribution >= 4 is 28.5 Å². The summed E-state index contributed by atoms with van der Waals surface area (Å²) in [5.41, 5.74) is 0.824. The van der Waals surface area contributed by atoms with Gasteiger partial charge in [0.1, 0.15) is 12.9 Å². The van der Waals surface area contributed by atoms with Crippen molar-refractivity contribution in [2.75, 3.05) is 6.61 Å². The predicted molar refractivity (Wildman–Crippen MR) is 74.6 cm³/mol. The maximum atomic E-state index is 11.1. The zero-order valence-corrected chi connectivity index (χ0v) is 10.9. The monoisotopic (exact) mass is 276 g/mol. The summed E-state index contributed by atoms with van der Waals surface area (Å²) in [6.45, 7) is 4.19. The van der Waals surface area contributed by atoms with E-state index in [1.165, 1.54) is 18.0 Å². The molecule has 1 N–H and O–H groups in total. The van der Waals surface area contributed by atoms with Crippen LogP contribution in [-0.2, 0) is 14.6 Å². The Hall–Kier alpha value is -2.05. The fraction of sp³-hybridized carbons (Fsp3) is 0.0769. The van der Waals surface area contributed by atoms with E-state index in [1.807, 2.05) is 30.3 Å². The number of nitrogens with zero attached hydrogens (tertiary/aromatic N) is 1. The van der Waals surface area contributed by atoms with Crippen molar-refractivity contribution < 1.29 is 14.6 Å².